The Morgan fingerprint density at radius 3 is 2.58 bits per heavy atom. The first-order valence-corrected chi connectivity index (χ1v) is 8.58. The number of carbonyl (C=O) groups excluding carboxylic acids is 1. The van der Waals surface area contributed by atoms with Crippen molar-refractivity contribution in [2.24, 2.45) is 0 Å². The maximum absolute atomic E-state index is 12.3. The second-order valence-electron chi connectivity index (χ2n) is 7.38. The molecule has 132 valence electrons. The van der Waals surface area contributed by atoms with Crippen LogP contribution >= 0.6 is 0 Å². The monoisotopic (exact) mass is 346 g/mol. The Morgan fingerprint density at radius 1 is 1.19 bits per heavy atom. The van der Waals surface area contributed by atoms with E-state index in [-0.39, 0.29) is 17.9 Å². The molecule has 0 bridgehead atoms. The molecule has 1 N–H and O–H groups in total. The lowest BCUT2D eigenvalue weighted by molar-refractivity contribution is -0.121. The zero-order chi connectivity index (χ0) is 18.7. The van der Waals surface area contributed by atoms with Crippen molar-refractivity contribution in [2.45, 2.75) is 39.3 Å². The number of carbonyl (C=O) groups is 1. The Balaban J connectivity index is 1.66. The first-order chi connectivity index (χ1) is 12.4. The van der Waals surface area contributed by atoms with E-state index >= 15 is 0 Å². The highest BCUT2D eigenvalue weighted by atomic mass is 16.1. The highest BCUT2D eigenvalue weighted by Gasteiger charge is 2.13. The topological polar surface area (TPSA) is 70.7 Å². The van der Waals surface area contributed by atoms with E-state index in [0.29, 0.717) is 17.6 Å². The molecule has 1 amide bonds. The molecule has 0 aliphatic carbocycles. The molecule has 1 heterocycles. The molecule has 0 aliphatic heterocycles. The fourth-order valence-corrected chi connectivity index (χ4v) is 2.87. The first-order valence-electron chi connectivity index (χ1n) is 8.58. The first kappa shape index (κ1) is 17.7. The van der Waals surface area contributed by atoms with Crippen LogP contribution in [0.1, 0.15) is 37.5 Å². The molecule has 0 radical (unpaired) electrons. The van der Waals surface area contributed by atoms with Crippen LogP contribution < -0.4 is 5.32 Å². The smallest absolute Gasteiger partial charge is 0.240 e. The minimum Gasteiger partial charge on any atom is -0.350 e. The fourth-order valence-electron chi connectivity index (χ4n) is 2.87. The third kappa shape index (κ3) is 3.75. The van der Waals surface area contributed by atoms with E-state index in [1.165, 1.54) is 5.56 Å². The third-order valence-corrected chi connectivity index (χ3v) is 4.38. The van der Waals surface area contributed by atoms with Gasteiger partial charge in [-0.1, -0.05) is 51.1 Å². The predicted molar refractivity (Wildman–Crippen MR) is 101 cm³/mol. The van der Waals surface area contributed by atoms with Gasteiger partial charge < -0.3 is 9.88 Å². The van der Waals surface area contributed by atoms with Gasteiger partial charge in [-0.05, 0) is 28.7 Å². The Hall–Kier alpha value is -3.13. The molecule has 5 heteroatoms. The molecule has 3 aromatic rings. The van der Waals surface area contributed by atoms with E-state index in [1.807, 2.05) is 18.2 Å². The van der Waals surface area contributed by atoms with Gasteiger partial charge >= 0.3 is 0 Å². The molecule has 0 spiro atoms. The standard InChI is InChI=1S/C21H22N4O/c1-21(2,3)17-9-7-15(8-10-17)12-23-19(26)13-25-14-24-18-6-4-5-16(11-22)20(18)25/h4-10,14H,12-13H2,1-3H3,(H,23,26). The van der Waals surface area contributed by atoms with Gasteiger partial charge in [0.25, 0.3) is 0 Å². The van der Waals surface area contributed by atoms with Gasteiger partial charge in [-0.15, -0.1) is 0 Å². The SMILES string of the molecule is CC(C)(C)c1ccc(CNC(=O)Cn2cnc3cccc(C#N)c32)cc1. The van der Waals surface area contributed by atoms with Gasteiger partial charge in [0, 0.05) is 6.54 Å². The molecule has 2 aromatic carbocycles. The van der Waals surface area contributed by atoms with Gasteiger partial charge in [0.2, 0.25) is 5.91 Å². The number of para-hydroxylation sites is 1. The van der Waals surface area contributed by atoms with Crippen LogP contribution in [-0.4, -0.2) is 15.5 Å². The van der Waals surface area contributed by atoms with Crippen molar-refractivity contribution in [3.05, 3.63) is 65.5 Å². The van der Waals surface area contributed by atoms with Crippen LogP contribution in [0.3, 0.4) is 0 Å². The van der Waals surface area contributed by atoms with E-state index in [9.17, 15) is 10.1 Å². The van der Waals surface area contributed by atoms with Gasteiger partial charge in [0.1, 0.15) is 12.6 Å². The van der Waals surface area contributed by atoms with Crippen molar-refractivity contribution in [3.8, 4) is 6.07 Å². The van der Waals surface area contributed by atoms with Crippen LogP contribution in [0.5, 0.6) is 0 Å². The predicted octanol–water partition coefficient (Wildman–Crippen LogP) is 3.52. The number of rotatable bonds is 4. The average molecular weight is 346 g/mol. The van der Waals surface area contributed by atoms with Gasteiger partial charge in [-0.25, -0.2) is 4.98 Å². The molecule has 1 aromatic heterocycles. The number of amides is 1. The number of imidazole rings is 1. The second kappa shape index (κ2) is 7.01. The van der Waals surface area contributed by atoms with Crippen LogP contribution in [-0.2, 0) is 23.3 Å². The minimum atomic E-state index is -0.114. The van der Waals surface area contributed by atoms with Crippen LogP contribution in [0.4, 0.5) is 0 Å². The zero-order valence-corrected chi connectivity index (χ0v) is 15.3. The number of nitrogens with one attached hydrogen (secondary N) is 1. The highest BCUT2D eigenvalue weighted by molar-refractivity contribution is 5.84. The lowest BCUT2D eigenvalue weighted by Gasteiger charge is -2.19. The van der Waals surface area contributed by atoms with Crippen molar-refractivity contribution in [2.75, 3.05) is 0 Å². The Bertz CT molecular complexity index is 972. The molecule has 0 saturated heterocycles. The largest absolute Gasteiger partial charge is 0.350 e. The fraction of sp³-hybridized carbons (Fsp3) is 0.286. The molecular weight excluding hydrogens is 324 g/mol. The number of aromatic nitrogens is 2. The summed E-state index contributed by atoms with van der Waals surface area (Å²) in [4.78, 5) is 16.6. The Kier molecular flexibility index (Phi) is 4.77. The summed E-state index contributed by atoms with van der Waals surface area (Å²) in [6, 6.07) is 15.8. The molecule has 0 unspecified atom stereocenters. The third-order valence-electron chi connectivity index (χ3n) is 4.38. The number of benzene rings is 2. The van der Waals surface area contributed by atoms with Crippen molar-refractivity contribution in [3.63, 3.8) is 0 Å². The number of nitrogens with zero attached hydrogens (tertiary/aromatic N) is 3. The molecule has 0 atom stereocenters. The van der Waals surface area contributed by atoms with E-state index in [4.69, 9.17) is 0 Å². The van der Waals surface area contributed by atoms with Crippen molar-refractivity contribution < 1.29 is 4.79 Å². The van der Waals surface area contributed by atoms with Crippen LogP contribution in [0.2, 0.25) is 0 Å². The van der Waals surface area contributed by atoms with Crippen LogP contribution in [0, 0.1) is 11.3 Å². The summed E-state index contributed by atoms with van der Waals surface area (Å²) in [6.45, 7) is 7.13. The number of hydrogen-bond donors (Lipinski definition) is 1. The van der Waals surface area contributed by atoms with Crippen LogP contribution in [0.15, 0.2) is 48.8 Å². The second-order valence-corrected chi connectivity index (χ2v) is 7.38. The molecule has 3 rings (SSSR count). The summed E-state index contributed by atoms with van der Waals surface area (Å²) >= 11 is 0. The summed E-state index contributed by atoms with van der Waals surface area (Å²) in [6.07, 6.45) is 1.60. The quantitative estimate of drug-likeness (QED) is 0.786. The number of hydrogen-bond acceptors (Lipinski definition) is 3. The average Bonchev–Trinajstić information content (AvgIpc) is 3.02. The summed E-state index contributed by atoms with van der Waals surface area (Å²) in [7, 11) is 0. The highest BCUT2D eigenvalue weighted by Crippen LogP contribution is 2.22. The summed E-state index contributed by atoms with van der Waals surface area (Å²) in [5, 5.41) is 12.2. The van der Waals surface area contributed by atoms with E-state index in [2.05, 4.69) is 49.3 Å². The van der Waals surface area contributed by atoms with E-state index in [1.54, 1.807) is 23.0 Å². The van der Waals surface area contributed by atoms with E-state index in [0.717, 1.165) is 11.1 Å². The van der Waals surface area contributed by atoms with Crippen LogP contribution in [0.25, 0.3) is 11.0 Å². The summed E-state index contributed by atoms with van der Waals surface area (Å²) in [5.74, 6) is -0.114. The van der Waals surface area contributed by atoms with E-state index < -0.39 is 0 Å². The Morgan fingerprint density at radius 2 is 1.92 bits per heavy atom. The van der Waals surface area contributed by atoms with Crippen molar-refractivity contribution >= 4 is 16.9 Å². The van der Waals surface area contributed by atoms with Gasteiger partial charge in [-0.2, -0.15) is 5.26 Å². The molecule has 0 fully saturated rings. The minimum absolute atomic E-state index is 0.114. The lowest BCUT2D eigenvalue weighted by atomic mass is 9.87. The number of nitriles is 1. The zero-order valence-electron chi connectivity index (χ0n) is 15.3. The molecule has 0 aliphatic rings. The van der Waals surface area contributed by atoms with Gasteiger partial charge in [0.05, 0.1) is 22.9 Å². The molecular formula is C21H22N4O. The maximum atomic E-state index is 12.3. The maximum Gasteiger partial charge on any atom is 0.240 e. The number of fused-ring (bicyclic) bond motifs is 1. The van der Waals surface area contributed by atoms with Gasteiger partial charge in [0.15, 0.2) is 0 Å². The summed E-state index contributed by atoms with van der Waals surface area (Å²) < 4.78 is 1.71. The molecule has 26 heavy (non-hydrogen) atoms. The summed E-state index contributed by atoms with van der Waals surface area (Å²) in [5.41, 5.74) is 4.36. The molecule has 5 nitrogen and oxygen atoms in total. The normalized spacial score (nSPS) is 11.3. The Labute approximate surface area is 153 Å². The molecule has 0 saturated carbocycles. The lowest BCUT2D eigenvalue weighted by Crippen LogP contribution is -2.27. The van der Waals surface area contributed by atoms with Crippen molar-refractivity contribution in [1.82, 2.24) is 14.9 Å². The van der Waals surface area contributed by atoms with Gasteiger partial charge in [-0.3, -0.25) is 4.79 Å². The van der Waals surface area contributed by atoms with Crippen molar-refractivity contribution in [1.29, 1.82) is 5.26 Å².